The molecule has 0 atom stereocenters. The van der Waals surface area contributed by atoms with E-state index in [0.29, 0.717) is 34.6 Å². The van der Waals surface area contributed by atoms with Gasteiger partial charge < -0.3 is 5.32 Å². The van der Waals surface area contributed by atoms with Crippen LogP contribution in [0.1, 0.15) is 31.8 Å². The van der Waals surface area contributed by atoms with Crippen LogP contribution >= 0.6 is 11.6 Å². The summed E-state index contributed by atoms with van der Waals surface area (Å²) in [7, 11) is 0. The Balaban J connectivity index is 1.35. The van der Waals surface area contributed by atoms with Gasteiger partial charge >= 0.3 is 5.69 Å². The number of Topliss-reactive ketones (excluding diaryl/α,β-unsaturated/α-hetero) is 1. The molecule has 0 aliphatic carbocycles. The molecule has 0 saturated heterocycles. The lowest BCUT2D eigenvalue weighted by Gasteiger charge is -2.14. The van der Waals surface area contributed by atoms with Crippen molar-refractivity contribution in [2.75, 3.05) is 6.54 Å². The molecule has 1 N–H and O–H groups in total. The topological polar surface area (TPSA) is 90.2 Å². The summed E-state index contributed by atoms with van der Waals surface area (Å²) in [6.45, 7) is 0.0803. The van der Waals surface area contributed by atoms with Crippen molar-refractivity contribution in [3.8, 4) is 0 Å². The number of nitrogens with one attached hydrogen (secondary N) is 1. The van der Waals surface area contributed by atoms with Gasteiger partial charge in [-0.2, -0.15) is 0 Å². The standard InChI is InChI=1S/C32H25ClFN3O4/c33-25-13-7-21(8-14-25)17-18-35-30(39)24-9-5-22(6-10-24)19-37-31(40)27-3-1-2-4-28(27)36(32(37)41)20-29(38)23-11-15-26(34)16-12-23/h1-16H,17-20H2,(H,35,39). The SMILES string of the molecule is O=C(Cn1c(=O)n(Cc2ccc(C(=O)NCCc3ccc(Cl)cc3)cc2)c(=O)c2ccccc21)c1ccc(F)cc1. The van der Waals surface area contributed by atoms with Crippen LogP contribution < -0.4 is 16.6 Å². The normalized spacial score (nSPS) is 11.0. The van der Waals surface area contributed by atoms with Gasteiger partial charge in [0.25, 0.3) is 11.5 Å². The Bertz CT molecular complexity index is 1850. The number of nitrogens with zero attached hydrogens (tertiary/aromatic N) is 2. The first-order valence-corrected chi connectivity index (χ1v) is 13.3. The summed E-state index contributed by atoms with van der Waals surface area (Å²) in [6.07, 6.45) is 0.655. The second-order valence-electron chi connectivity index (χ2n) is 9.54. The van der Waals surface area contributed by atoms with Crippen molar-refractivity contribution in [3.63, 3.8) is 0 Å². The molecule has 0 fully saturated rings. The molecule has 5 aromatic rings. The summed E-state index contributed by atoms with van der Waals surface area (Å²) in [5.74, 6) is -1.11. The van der Waals surface area contributed by atoms with E-state index in [2.05, 4.69) is 5.32 Å². The molecule has 206 valence electrons. The molecule has 0 saturated carbocycles. The molecule has 0 radical (unpaired) electrons. The third-order valence-electron chi connectivity index (χ3n) is 6.77. The highest BCUT2D eigenvalue weighted by molar-refractivity contribution is 6.30. The van der Waals surface area contributed by atoms with Crippen LogP contribution in [0, 0.1) is 5.82 Å². The third kappa shape index (κ3) is 6.34. The number of benzene rings is 4. The monoisotopic (exact) mass is 569 g/mol. The van der Waals surface area contributed by atoms with E-state index in [1.807, 2.05) is 12.1 Å². The van der Waals surface area contributed by atoms with Crippen LogP contribution in [0.25, 0.3) is 10.9 Å². The number of para-hydroxylation sites is 1. The molecule has 4 aromatic carbocycles. The molecule has 0 bridgehead atoms. The summed E-state index contributed by atoms with van der Waals surface area (Å²) >= 11 is 5.91. The van der Waals surface area contributed by atoms with Crippen molar-refractivity contribution in [1.82, 2.24) is 14.5 Å². The van der Waals surface area contributed by atoms with Crippen molar-refractivity contribution in [2.24, 2.45) is 0 Å². The number of hydrogen-bond donors (Lipinski definition) is 1. The number of amides is 1. The fourth-order valence-electron chi connectivity index (χ4n) is 4.55. The van der Waals surface area contributed by atoms with Crippen LogP contribution in [0.2, 0.25) is 5.02 Å². The number of rotatable bonds is 9. The van der Waals surface area contributed by atoms with Crippen LogP contribution in [0.4, 0.5) is 4.39 Å². The lowest BCUT2D eigenvalue weighted by molar-refractivity contribution is 0.0951. The lowest BCUT2D eigenvalue weighted by atomic mass is 10.1. The predicted octanol–water partition coefficient (Wildman–Crippen LogP) is 4.86. The molecule has 0 aliphatic heterocycles. The molecule has 0 aliphatic rings. The third-order valence-corrected chi connectivity index (χ3v) is 7.02. The number of fused-ring (bicyclic) bond motifs is 1. The molecule has 0 unspecified atom stereocenters. The number of ketones is 1. The van der Waals surface area contributed by atoms with E-state index in [4.69, 9.17) is 11.6 Å². The molecule has 7 nitrogen and oxygen atoms in total. The molecular weight excluding hydrogens is 545 g/mol. The van der Waals surface area contributed by atoms with E-state index >= 15 is 0 Å². The van der Waals surface area contributed by atoms with E-state index in [-0.39, 0.29) is 29.9 Å². The Kier molecular flexibility index (Phi) is 8.21. The zero-order valence-corrected chi connectivity index (χ0v) is 22.6. The van der Waals surface area contributed by atoms with Gasteiger partial charge in [0, 0.05) is 22.7 Å². The molecular formula is C32H25ClFN3O4. The zero-order valence-electron chi connectivity index (χ0n) is 21.8. The van der Waals surface area contributed by atoms with E-state index < -0.39 is 22.8 Å². The Morgan fingerprint density at radius 3 is 2.10 bits per heavy atom. The maximum absolute atomic E-state index is 13.5. The van der Waals surface area contributed by atoms with Gasteiger partial charge in [0.2, 0.25) is 0 Å². The highest BCUT2D eigenvalue weighted by Crippen LogP contribution is 2.12. The number of carbonyl (C=O) groups is 2. The Hall–Kier alpha value is -4.82. The lowest BCUT2D eigenvalue weighted by Crippen LogP contribution is -2.41. The van der Waals surface area contributed by atoms with Gasteiger partial charge in [-0.3, -0.25) is 23.5 Å². The second kappa shape index (κ2) is 12.1. The molecule has 1 aromatic heterocycles. The average Bonchev–Trinajstić information content (AvgIpc) is 2.99. The van der Waals surface area contributed by atoms with Crippen LogP contribution in [-0.4, -0.2) is 27.4 Å². The van der Waals surface area contributed by atoms with Crippen molar-refractivity contribution in [1.29, 1.82) is 0 Å². The largest absolute Gasteiger partial charge is 0.352 e. The van der Waals surface area contributed by atoms with Crippen molar-refractivity contribution < 1.29 is 14.0 Å². The van der Waals surface area contributed by atoms with Crippen LogP contribution in [0.3, 0.4) is 0 Å². The van der Waals surface area contributed by atoms with E-state index in [9.17, 15) is 23.6 Å². The number of aromatic nitrogens is 2. The minimum absolute atomic E-state index is 0.0499. The van der Waals surface area contributed by atoms with Crippen molar-refractivity contribution >= 4 is 34.2 Å². The van der Waals surface area contributed by atoms with Gasteiger partial charge in [0.15, 0.2) is 5.78 Å². The van der Waals surface area contributed by atoms with Gasteiger partial charge in [-0.1, -0.05) is 48.0 Å². The molecule has 1 amide bonds. The maximum atomic E-state index is 13.5. The Morgan fingerprint density at radius 1 is 0.756 bits per heavy atom. The highest BCUT2D eigenvalue weighted by atomic mass is 35.5. The Morgan fingerprint density at radius 2 is 1.39 bits per heavy atom. The van der Waals surface area contributed by atoms with Gasteiger partial charge in [0.05, 0.1) is 24.0 Å². The average molecular weight is 570 g/mol. The number of carbonyl (C=O) groups excluding carboxylic acids is 2. The summed E-state index contributed by atoms with van der Waals surface area (Å²) in [6, 6.07) is 25.7. The molecule has 9 heteroatoms. The van der Waals surface area contributed by atoms with Gasteiger partial charge in [0.1, 0.15) is 5.82 Å². The summed E-state index contributed by atoms with van der Waals surface area (Å²) in [5, 5.41) is 3.82. The minimum atomic E-state index is -0.645. The van der Waals surface area contributed by atoms with Crippen molar-refractivity contribution in [2.45, 2.75) is 19.5 Å². The fraction of sp³-hybridized carbons (Fsp3) is 0.125. The van der Waals surface area contributed by atoms with E-state index in [0.717, 1.165) is 10.1 Å². The fourth-order valence-corrected chi connectivity index (χ4v) is 4.68. The van der Waals surface area contributed by atoms with E-state index in [1.54, 1.807) is 60.7 Å². The first-order chi connectivity index (χ1) is 19.8. The first kappa shape index (κ1) is 27.7. The molecule has 5 rings (SSSR count). The highest BCUT2D eigenvalue weighted by Gasteiger charge is 2.17. The molecule has 0 spiro atoms. The Labute approximate surface area is 239 Å². The van der Waals surface area contributed by atoms with Crippen LogP contribution in [0.15, 0.2) is 107 Å². The van der Waals surface area contributed by atoms with Crippen molar-refractivity contribution in [3.05, 3.63) is 151 Å². The zero-order chi connectivity index (χ0) is 28.9. The molecule has 41 heavy (non-hydrogen) atoms. The van der Waals surface area contributed by atoms with E-state index in [1.165, 1.54) is 28.8 Å². The molecule has 1 heterocycles. The van der Waals surface area contributed by atoms with Crippen LogP contribution in [0.5, 0.6) is 0 Å². The number of halogens is 2. The van der Waals surface area contributed by atoms with Gasteiger partial charge in [-0.15, -0.1) is 0 Å². The smallest absolute Gasteiger partial charge is 0.332 e. The minimum Gasteiger partial charge on any atom is -0.352 e. The second-order valence-corrected chi connectivity index (χ2v) is 9.97. The predicted molar refractivity (Wildman–Crippen MR) is 156 cm³/mol. The number of hydrogen-bond acceptors (Lipinski definition) is 4. The summed E-state index contributed by atoms with van der Waals surface area (Å²) in [5.41, 5.74) is 1.58. The first-order valence-electron chi connectivity index (χ1n) is 12.9. The maximum Gasteiger partial charge on any atom is 0.332 e. The van der Waals surface area contributed by atoms with Crippen LogP contribution in [-0.2, 0) is 19.5 Å². The quantitative estimate of drug-likeness (QED) is 0.257. The van der Waals surface area contributed by atoms with Gasteiger partial charge in [-0.25, -0.2) is 9.18 Å². The summed E-state index contributed by atoms with van der Waals surface area (Å²) < 4.78 is 15.6. The summed E-state index contributed by atoms with van der Waals surface area (Å²) in [4.78, 5) is 52.3. The van der Waals surface area contributed by atoms with Gasteiger partial charge in [-0.05, 0) is 78.2 Å².